The fourth-order valence-electron chi connectivity index (χ4n) is 2.79. The summed E-state index contributed by atoms with van der Waals surface area (Å²) in [6, 6.07) is 15.4. The molecule has 170 valence electrons. The highest BCUT2D eigenvalue weighted by Gasteiger charge is 2.07. The number of methoxy groups -OCH3 is 1. The molecular formula is C26H30O5S. The number of esters is 1. The number of benzene rings is 2. The maximum Gasteiger partial charge on any atom is 0.305 e. The van der Waals surface area contributed by atoms with E-state index in [1.165, 1.54) is 4.90 Å². The van der Waals surface area contributed by atoms with Crippen molar-refractivity contribution in [1.82, 2.24) is 0 Å². The molecule has 0 amide bonds. The molecule has 0 saturated heterocycles. The normalized spacial score (nSPS) is 10.3. The summed E-state index contributed by atoms with van der Waals surface area (Å²) in [5.74, 6) is 6.07. The van der Waals surface area contributed by atoms with Crippen LogP contribution >= 0.6 is 11.8 Å². The van der Waals surface area contributed by atoms with Gasteiger partial charge < -0.3 is 14.2 Å². The molecule has 0 aliphatic heterocycles. The maximum atomic E-state index is 12.4. The number of ketones is 1. The maximum absolute atomic E-state index is 12.4. The number of rotatable bonds is 13. The lowest BCUT2D eigenvalue weighted by molar-refractivity contribution is -0.145. The third-order valence-corrected chi connectivity index (χ3v) is 5.35. The first-order chi connectivity index (χ1) is 15.6. The lowest BCUT2D eigenvalue weighted by Gasteiger charge is -2.06. The monoisotopic (exact) mass is 454 g/mol. The second-order valence-electron chi connectivity index (χ2n) is 7.01. The molecule has 0 unspecified atom stereocenters. The first-order valence-corrected chi connectivity index (χ1v) is 11.9. The van der Waals surface area contributed by atoms with Crippen molar-refractivity contribution in [3.63, 3.8) is 0 Å². The zero-order valence-electron chi connectivity index (χ0n) is 18.7. The van der Waals surface area contributed by atoms with E-state index in [4.69, 9.17) is 14.2 Å². The van der Waals surface area contributed by atoms with Crippen LogP contribution in [0.2, 0.25) is 0 Å². The van der Waals surface area contributed by atoms with Crippen LogP contribution in [0, 0.1) is 11.8 Å². The zero-order chi connectivity index (χ0) is 23.0. The van der Waals surface area contributed by atoms with Crippen molar-refractivity contribution < 1.29 is 23.8 Å². The summed E-state index contributed by atoms with van der Waals surface area (Å²) in [7, 11) is 1.60. The quantitative estimate of drug-likeness (QED) is 0.143. The average Bonchev–Trinajstić information content (AvgIpc) is 2.83. The molecule has 0 bridgehead atoms. The summed E-state index contributed by atoms with van der Waals surface area (Å²) in [5, 5.41) is 0. The number of ether oxygens (including phenoxy) is 3. The third-order valence-electron chi connectivity index (χ3n) is 4.61. The van der Waals surface area contributed by atoms with Crippen molar-refractivity contribution in [1.29, 1.82) is 0 Å². The number of hydrogen-bond donors (Lipinski definition) is 0. The Kier molecular flexibility index (Phi) is 12.2. The summed E-state index contributed by atoms with van der Waals surface area (Å²) in [6.45, 7) is 1.60. The van der Waals surface area contributed by atoms with Crippen LogP contribution in [-0.2, 0) is 19.0 Å². The minimum Gasteiger partial charge on any atom is -0.463 e. The van der Waals surface area contributed by atoms with Gasteiger partial charge in [-0.1, -0.05) is 24.0 Å². The standard InChI is InChI=1S/C26H30O5S/c1-29-17-18-30-19-20-31-26(28)6-4-3-5-25(27)23-13-9-21(10-14-23)7-8-22-11-15-24(32-2)16-12-22/h9-16H,3-6,17-20H2,1-2H3. The molecule has 0 aliphatic rings. The van der Waals surface area contributed by atoms with Crippen LogP contribution < -0.4 is 0 Å². The van der Waals surface area contributed by atoms with Gasteiger partial charge in [0.25, 0.3) is 0 Å². The Balaban J connectivity index is 1.66. The van der Waals surface area contributed by atoms with Crippen LogP contribution in [0.25, 0.3) is 0 Å². The topological polar surface area (TPSA) is 61.8 Å². The van der Waals surface area contributed by atoms with Crippen molar-refractivity contribution in [3.8, 4) is 11.8 Å². The Morgan fingerprint density at radius 1 is 0.812 bits per heavy atom. The summed E-state index contributed by atoms with van der Waals surface area (Å²) in [4.78, 5) is 25.2. The Labute approximate surface area is 194 Å². The largest absolute Gasteiger partial charge is 0.463 e. The Morgan fingerprint density at radius 3 is 2.03 bits per heavy atom. The van der Waals surface area contributed by atoms with E-state index in [1.54, 1.807) is 31.0 Å². The molecule has 0 radical (unpaired) electrons. The highest BCUT2D eigenvalue weighted by atomic mass is 32.2. The smallest absolute Gasteiger partial charge is 0.305 e. The summed E-state index contributed by atoms with van der Waals surface area (Å²) >= 11 is 1.70. The van der Waals surface area contributed by atoms with E-state index in [0.717, 1.165) is 11.1 Å². The molecule has 2 aromatic rings. The van der Waals surface area contributed by atoms with Crippen LogP contribution in [-0.4, -0.2) is 51.5 Å². The predicted octanol–water partition coefficient (Wildman–Crippen LogP) is 4.76. The first kappa shape index (κ1) is 25.7. The van der Waals surface area contributed by atoms with Crippen molar-refractivity contribution in [2.75, 3.05) is 39.8 Å². The summed E-state index contributed by atoms with van der Waals surface area (Å²) in [6.07, 6.45) is 4.01. The van der Waals surface area contributed by atoms with Gasteiger partial charge in [-0.05, 0) is 55.5 Å². The van der Waals surface area contributed by atoms with E-state index >= 15 is 0 Å². The number of hydrogen-bond acceptors (Lipinski definition) is 6. The second-order valence-corrected chi connectivity index (χ2v) is 7.89. The van der Waals surface area contributed by atoms with Crippen LogP contribution in [0.3, 0.4) is 0 Å². The third kappa shape index (κ3) is 10.1. The van der Waals surface area contributed by atoms with E-state index in [0.29, 0.717) is 51.1 Å². The molecule has 0 aliphatic carbocycles. The van der Waals surface area contributed by atoms with Gasteiger partial charge >= 0.3 is 5.97 Å². The molecule has 0 fully saturated rings. The van der Waals surface area contributed by atoms with Gasteiger partial charge in [0.15, 0.2) is 5.78 Å². The fourth-order valence-corrected chi connectivity index (χ4v) is 3.20. The predicted molar refractivity (Wildman–Crippen MR) is 127 cm³/mol. The molecule has 0 spiro atoms. The molecular weight excluding hydrogens is 424 g/mol. The number of Topliss-reactive ketones (excluding diaryl/α,β-unsaturated/α-hetero) is 1. The molecule has 0 N–H and O–H groups in total. The number of thioether (sulfide) groups is 1. The minimum atomic E-state index is -0.265. The molecule has 6 heteroatoms. The fraction of sp³-hybridized carbons (Fsp3) is 0.385. The van der Waals surface area contributed by atoms with Crippen LogP contribution in [0.1, 0.15) is 47.2 Å². The van der Waals surface area contributed by atoms with Gasteiger partial charge in [-0.25, -0.2) is 0 Å². The van der Waals surface area contributed by atoms with Crippen LogP contribution in [0.15, 0.2) is 53.4 Å². The molecule has 32 heavy (non-hydrogen) atoms. The number of carbonyl (C=O) groups is 2. The van der Waals surface area contributed by atoms with Crippen molar-refractivity contribution in [2.45, 2.75) is 30.6 Å². The Bertz CT molecular complexity index is 895. The highest BCUT2D eigenvalue weighted by molar-refractivity contribution is 7.98. The van der Waals surface area contributed by atoms with E-state index < -0.39 is 0 Å². The van der Waals surface area contributed by atoms with Gasteiger partial charge in [0.2, 0.25) is 0 Å². The van der Waals surface area contributed by atoms with Crippen molar-refractivity contribution in [3.05, 3.63) is 65.2 Å². The van der Waals surface area contributed by atoms with Gasteiger partial charge in [-0.3, -0.25) is 9.59 Å². The van der Waals surface area contributed by atoms with Gasteiger partial charge in [0, 0.05) is 41.5 Å². The van der Waals surface area contributed by atoms with Gasteiger partial charge in [-0.2, -0.15) is 0 Å². The van der Waals surface area contributed by atoms with Crippen LogP contribution in [0.4, 0.5) is 0 Å². The molecule has 2 rings (SSSR count). The number of unbranched alkanes of at least 4 members (excludes halogenated alkanes) is 1. The van der Waals surface area contributed by atoms with E-state index in [1.807, 2.05) is 30.5 Å². The lowest BCUT2D eigenvalue weighted by Crippen LogP contribution is -2.12. The van der Waals surface area contributed by atoms with E-state index in [2.05, 4.69) is 24.0 Å². The molecule has 0 heterocycles. The molecule has 0 aromatic heterocycles. The van der Waals surface area contributed by atoms with Gasteiger partial charge in [0.1, 0.15) is 6.61 Å². The highest BCUT2D eigenvalue weighted by Crippen LogP contribution is 2.14. The molecule has 0 saturated carbocycles. The minimum absolute atomic E-state index is 0.0667. The van der Waals surface area contributed by atoms with Crippen molar-refractivity contribution in [2.24, 2.45) is 0 Å². The van der Waals surface area contributed by atoms with E-state index in [-0.39, 0.29) is 18.4 Å². The van der Waals surface area contributed by atoms with Crippen molar-refractivity contribution >= 4 is 23.5 Å². The van der Waals surface area contributed by atoms with Crippen LogP contribution in [0.5, 0.6) is 0 Å². The summed E-state index contributed by atoms with van der Waals surface area (Å²) in [5.41, 5.74) is 2.49. The Hall–Kier alpha value is -2.59. The van der Waals surface area contributed by atoms with Gasteiger partial charge in [0.05, 0.1) is 19.8 Å². The Morgan fingerprint density at radius 2 is 1.41 bits per heavy atom. The molecule has 0 atom stereocenters. The number of carbonyl (C=O) groups excluding carboxylic acids is 2. The summed E-state index contributed by atoms with van der Waals surface area (Å²) < 4.78 is 15.2. The lowest BCUT2D eigenvalue weighted by atomic mass is 10.0. The average molecular weight is 455 g/mol. The zero-order valence-corrected chi connectivity index (χ0v) is 19.5. The van der Waals surface area contributed by atoms with E-state index in [9.17, 15) is 9.59 Å². The second kappa shape index (κ2) is 15.3. The molecule has 5 nitrogen and oxygen atoms in total. The SMILES string of the molecule is COCCOCCOC(=O)CCCCC(=O)c1ccc(C#Cc2ccc(SC)cc2)cc1. The molecule has 2 aromatic carbocycles. The van der Waals surface area contributed by atoms with Gasteiger partial charge in [-0.15, -0.1) is 11.8 Å². The first-order valence-electron chi connectivity index (χ1n) is 10.6.